The van der Waals surface area contributed by atoms with Crippen molar-refractivity contribution >= 4 is 27.3 Å². The van der Waals surface area contributed by atoms with Gasteiger partial charge in [0, 0.05) is 11.8 Å². The van der Waals surface area contributed by atoms with Crippen LogP contribution in [0.5, 0.6) is 11.5 Å². The molecule has 3 aromatic rings. The zero-order chi connectivity index (χ0) is 24.6. The average Bonchev–Trinajstić information content (AvgIpc) is 2.81. The number of nitrogens with one attached hydrogen (secondary N) is 2. The van der Waals surface area contributed by atoms with Gasteiger partial charge in [0.2, 0.25) is 5.91 Å². The SMILES string of the molecule is CCCCOc1ccc(OC)cc1NC(=O)Cc1ccc(NS(=O)(=O)c2ccc(F)cc2)cc1. The van der Waals surface area contributed by atoms with Gasteiger partial charge in [-0.2, -0.15) is 0 Å². The third-order valence-corrected chi connectivity index (χ3v) is 6.31. The van der Waals surface area contributed by atoms with E-state index in [4.69, 9.17) is 9.47 Å². The minimum atomic E-state index is -3.85. The van der Waals surface area contributed by atoms with Crippen molar-refractivity contribution in [2.24, 2.45) is 0 Å². The molecule has 0 aliphatic heterocycles. The number of amides is 1. The Hall–Kier alpha value is -3.59. The molecule has 1 amide bonds. The molecule has 0 aliphatic rings. The normalized spacial score (nSPS) is 11.0. The number of sulfonamides is 1. The number of ether oxygens (including phenoxy) is 2. The second-order valence-electron chi connectivity index (χ2n) is 7.55. The highest BCUT2D eigenvalue weighted by Crippen LogP contribution is 2.29. The Balaban J connectivity index is 1.64. The summed E-state index contributed by atoms with van der Waals surface area (Å²) < 4.78 is 51.4. The molecule has 7 nitrogen and oxygen atoms in total. The Morgan fingerprint density at radius 3 is 2.35 bits per heavy atom. The van der Waals surface area contributed by atoms with Gasteiger partial charge in [-0.15, -0.1) is 0 Å². The van der Waals surface area contributed by atoms with Crippen LogP contribution >= 0.6 is 0 Å². The lowest BCUT2D eigenvalue weighted by molar-refractivity contribution is -0.115. The molecule has 0 atom stereocenters. The van der Waals surface area contributed by atoms with Crippen molar-refractivity contribution in [3.8, 4) is 11.5 Å². The molecule has 0 spiro atoms. The van der Waals surface area contributed by atoms with E-state index in [2.05, 4.69) is 17.0 Å². The first kappa shape index (κ1) is 25.0. The second-order valence-corrected chi connectivity index (χ2v) is 9.23. The van der Waals surface area contributed by atoms with Crippen LogP contribution in [-0.4, -0.2) is 28.0 Å². The highest BCUT2D eigenvalue weighted by molar-refractivity contribution is 7.92. The molecule has 3 rings (SSSR count). The van der Waals surface area contributed by atoms with Crippen molar-refractivity contribution < 1.29 is 27.1 Å². The number of anilines is 2. The molecule has 0 bridgehead atoms. The van der Waals surface area contributed by atoms with E-state index >= 15 is 0 Å². The molecule has 34 heavy (non-hydrogen) atoms. The number of hydrogen-bond donors (Lipinski definition) is 2. The molecule has 0 aliphatic carbocycles. The maximum atomic E-state index is 13.1. The lowest BCUT2D eigenvalue weighted by Gasteiger charge is -2.14. The van der Waals surface area contributed by atoms with Crippen LogP contribution in [0.3, 0.4) is 0 Å². The summed E-state index contributed by atoms with van der Waals surface area (Å²) in [6.07, 6.45) is 1.97. The smallest absolute Gasteiger partial charge is 0.261 e. The summed E-state index contributed by atoms with van der Waals surface area (Å²) in [7, 11) is -2.30. The number of rotatable bonds is 11. The van der Waals surface area contributed by atoms with Gasteiger partial charge in [-0.3, -0.25) is 9.52 Å². The molecule has 0 aromatic heterocycles. The lowest BCUT2D eigenvalue weighted by atomic mass is 10.1. The molecule has 180 valence electrons. The Labute approximate surface area is 199 Å². The van der Waals surface area contributed by atoms with Crippen LogP contribution in [0.2, 0.25) is 0 Å². The monoisotopic (exact) mass is 486 g/mol. The van der Waals surface area contributed by atoms with E-state index in [1.807, 2.05) is 0 Å². The van der Waals surface area contributed by atoms with Crippen molar-refractivity contribution in [3.63, 3.8) is 0 Å². The molecule has 3 aromatic carbocycles. The van der Waals surface area contributed by atoms with Crippen molar-refractivity contribution in [3.05, 3.63) is 78.1 Å². The number of methoxy groups -OCH3 is 1. The van der Waals surface area contributed by atoms with E-state index in [1.165, 1.54) is 12.1 Å². The van der Waals surface area contributed by atoms with Gasteiger partial charge in [-0.1, -0.05) is 25.5 Å². The van der Waals surface area contributed by atoms with Crippen molar-refractivity contribution in [1.82, 2.24) is 0 Å². The van der Waals surface area contributed by atoms with Gasteiger partial charge in [-0.05, 0) is 60.5 Å². The highest BCUT2D eigenvalue weighted by Gasteiger charge is 2.15. The van der Waals surface area contributed by atoms with Crippen molar-refractivity contribution in [2.75, 3.05) is 23.8 Å². The maximum absolute atomic E-state index is 13.1. The summed E-state index contributed by atoms with van der Waals surface area (Å²) >= 11 is 0. The molecule has 9 heteroatoms. The largest absolute Gasteiger partial charge is 0.497 e. The van der Waals surface area contributed by atoms with Crippen molar-refractivity contribution in [2.45, 2.75) is 31.1 Å². The Morgan fingerprint density at radius 1 is 1.00 bits per heavy atom. The number of benzene rings is 3. The van der Waals surface area contributed by atoms with Gasteiger partial charge in [-0.25, -0.2) is 12.8 Å². The standard InChI is InChI=1S/C25H27FN2O5S/c1-3-4-15-33-24-14-11-21(32-2)17-23(24)27-25(29)16-18-5-9-20(10-6-18)28-34(30,31)22-12-7-19(26)8-13-22/h5-14,17,28H,3-4,15-16H2,1-2H3,(H,27,29). The van der Waals surface area contributed by atoms with Crippen LogP contribution in [0.1, 0.15) is 25.3 Å². The lowest BCUT2D eigenvalue weighted by Crippen LogP contribution is -2.16. The summed E-state index contributed by atoms with van der Waals surface area (Å²) in [5.74, 6) is 0.382. The molecule has 0 unspecified atom stereocenters. The van der Waals surface area contributed by atoms with Gasteiger partial charge in [0.1, 0.15) is 17.3 Å². The number of carbonyl (C=O) groups is 1. The highest BCUT2D eigenvalue weighted by atomic mass is 32.2. The van der Waals surface area contributed by atoms with Crippen LogP contribution in [0.25, 0.3) is 0 Å². The molecular formula is C25H27FN2O5S. The Bertz CT molecular complexity index is 1210. The topological polar surface area (TPSA) is 93.7 Å². The van der Waals surface area contributed by atoms with Crippen LogP contribution < -0.4 is 19.5 Å². The quantitative estimate of drug-likeness (QED) is 0.372. The zero-order valence-electron chi connectivity index (χ0n) is 19.0. The van der Waals surface area contributed by atoms with E-state index in [0.717, 1.165) is 25.0 Å². The third kappa shape index (κ3) is 6.95. The van der Waals surface area contributed by atoms with E-state index in [-0.39, 0.29) is 17.2 Å². The van der Waals surface area contributed by atoms with Gasteiger partial charge in [0.15, 0.2) is 0 Å². The number of unbranched alkanes of at least 4 members (excludes halogenated alkanes) is 1. The fourth-order valence-electron chi connectivity index (χ4n) is 3.08. The first-order chi connectivity index (χ1) is 16.3. The number of hydrogen-bond acceptors (Lipinski definition) is 5. The first-order valence-corrected chi connectivity index (χ1v) is 12.3. The zero-order valence-corrected chi connectivity index (χ0v) is 19.8. The third-order valence-electron chi connectivity index (χ3n) is 4.91. The molecule has 0 saturated heterocycles. The molecule has 0 heterocycles. The summed E-state index contributed by atoms with van der Waals surface area (Å²) in [4.78, 5) is 12.6. The fraction of sp³-hybridized carbons (Fsp3) is 0.240. The predicted molar refractivity (Wildman–Crippen MR) is 129 cm³/mol. The van der Waals surface area contributed by atoms with Crippen LogP contribution in [0, 0.1) is 5.82 Å². The van der Waals surface area contributed by atoms with E-state index in [9.17, 15) is 17.6 Å². The number of halogens is 1. The molecule has 0 fully saturated rings. The fourth-order valence-corrected chi connectivity index (χ4v) is 4.14. The summed E-state index contributed by atoms with van der Waals surface area (Å²) in [5, 5.41) is 2.85. The van der Waals surface area contributed by atoms with E-state index in [0.29, 0.717) is 35.0 Å². The van der Waals surface area contributed by atoms with Gasteiger partial charge < -0.3 is 14.8 Å². The minimum absolute atomic E-state index is 0.0485. The van der Waals surface area contributed by atoms with Gasteiger partial charge in [0.25, 0.3) is 10.0 Å². The summed E-state index contributed by atoms with van der Waals surface area (Å²) in [5.41, 5.74) is 1.54. The maximum Gasteiger partial charge on any atom is 0.261 e. The number of carbonyl (C=O) groups excluding carboxylic acids is 1. The Morgan fingerprint density at radius 2 is 1.71 bits per heavy atom. The van der Waals surface area contributed by atoms with E-state index in [1.54, 1.807) is 49.6 Å². The first-order valence-electron chi connectivity index (χ1n) is 10.8. The molecule has 2 N–H and O–H groups in total. The van der Waals surface area contributed by atoms with E-state index < -0.39 is 15.8 Å². The van der Waals surface area contributed by atoms with Crippen LogP contribution in [-0.2, 0) is 21.2 Å². The van der Waals surface area contributed by atoms with Crippen LogP contribution in [0.4, 0.5) is 15.8 Å². The molecule has 0 radical (unpaired) electrons. The van der Waals surface area contributed by atoms with Gasteiger partial charge >= 0.3 is 0 Å². The summed E-state index contributed by atoms with van der Waals surface area (Å²) in [6.45, 7) is 2.61. The average molecular weight is 487 g/mol. The second kappa shape index (κ2) is 11.5. The Kier molecular flexibility index (Phi) is 8.48. The van der Waals surface area contributed by atoms with Gasteiger partial charge in [0.05, 0.1) is 30.7 Å². The van der Waals surface area contributed by atoms with Crippen molar-refractivity contribution in [1.29, 1.82) is 0 Å². The molecular weight excluding hydrogens is 459 g/mol. The predicted octanol–water partition coefficient (Wildman–Crippen LogP) is 5.00. The summed E-state index contributed by atoms with van der Waals surface area (Å²) in [6, 6.07) is 16.2. The minimum Gasteiger partial charge on any atom is -0.497 e. The van der Waals surface area contributed by atoms with Crippen LogP contribution in [0.15, 0.2) is 71.6 Å². The molecule has 0 saturated carbocycles.